The van der Waals surface area contributed by atoms with E-state index < -0.39 is 0 Å². The number of aromatic nitrogens is 1. The molecule has 2 aromatic rings. The quantitative estimate of drug-likeness (QED) is 0.884. The van der Waals surface area contributed by atoms with Crippen molar-refractivity contribution >= 4 is 10.9 Å². The summed E-state index contributed by atoms with van der Waals surface area (Å²) in [6.07, 6.45) is 3.75. The van der Waals surface area contributed by atoms with Gasteiger partial charge in [-0.25, -0.2) is 4.39 Å². The Morgan fingerprint density at radius 2 is 2.11 bits per heavy atom. The van der Waals surface area contributed by atoms with Crippen molar-refractivity contribution in [3.63, 3.8) is 0 Å². The summed E-state index contributed by atoms with van der Waals surface area (Å²) in [6, 6.07) is 6.56. The van der Waals surface area contributed by atoms with Crippen LogP contribution in [-0.2, 0) is 0 Å². The number of rotatable bonds is 2. The number of hydrogen-bond acceptors (Lipinski definition) is 3. The van der Waals surface area contributed by atoms with Gasteiger partial charge in [-0.1, -0.05) is 6.07 Å². The summed E-state index contributed by atoms with van der Waals surface area (Å²) < 4.78 is 19.4. The van der Waals surface area contributed by atoms with Gasteiger partial charge in [-0.3, -0.25) is 4.98 Å². The monoisotopic (exact) mass is 246 g/mol. The van der Waals surface area contributed by atoms with Crippen LogP contribution < -0.4 is 10.1 Å². The van der Waals surface area contributed by atoms with Crippen LogP contribution in [0.1, 0.15) is 12.8 Å². The van der Waals surface area contributed by atoms with Crippen molar-refractivity contribution < 1.29 is 9.13 Å². The number of piperidine rings is 1. The molecule has 1 aliphatic rings. The maximum atomic E-state index is 13.5. The van der Waals surface area contributed by atoms with Crippen LogP contribution in [0.25, 0.3) is 10.9 Å². The highest BCUT2D eigenvalue weighted by Crippen LogP contribution is 2.27. The first-order chi connectivity index (χ1) is 8.83. The van der Waals surface area contributed by atoms with Crippen LogP contribution in [-0.4, -0.2) is 24.2 Å². The van der Waals surface area contributed by atoms with Crippen LogP contribution in [0.2, 0.25) is 0 Å². The predicted octanol–water partition coefficient (Wildman–Crippen LogP) is 2.50. The van der Waals surface area contributed by atoms with Gasteiger partial charge in [-0.05, 0) is 38.1 Å². The van der Waals surface area contributed by atoms with Gasteiger partial charge < -0.3 is 10.1 Å². The van der Waals surface area contributed by atoms with Crippen molar-refractivity contribution in [2.75, 3.05) is 13.1 Å². The highest BCUT2D eigenvalue weighted by atomic mass is 19.1. The molecule has 3 nitrogen and oxygen atoms in total. The van der Waals surface area contributed by atoms with E-state index in [1.54, 1.807) is 12.3 Å². The Labute approximate surface area is 105 Å². The third-order valence-corrected chi connectivity index (χ3v) is 3.21. The van der Waals surface area contributed by atoms with Gasteiger partial charge in [0, 0.05) is 17.6 Å². The molecule has 0 unspecified atom stereocenters. The molecular formula is C14H15FN2O. The Morgan fingerprint density at radius 1 is 1.28 bits per heavy atom. The number of hydrogen-bond donors (Lipinski definition) is 1. The van der Waals surface area contributed by atoms with Crippen LogP contribution in [0, 0.1) is 5.82 Å². The summed E-state index contributed by atoms with van der Waals surface area (Å²) in [4.78, 5) is 4.28. The SMILES string of the molecule is Fc1cc(OC2CCNCC2)c2ncccc2c1. The Morgan fingerprint density at radius 3 is 2.94 bits per heavy atom. The highest BCUT2D eigenvalue weighted by Gasteiger charge is 2.16. The molecule has 2 heterocycles. The molecule has 0 atom stereocenters. The molecule has 0 saturated carbocycles. The predicted molar refractivity (Wildman–Crippen MR) is 68.2 cm³/mol. The van der Waals surface area contributed by atoms with Crippen LogP contribution in [0.5, 0.6) is 5.75 Å². The molecular weight excluding hydrogens is 231 g/mol. The smallest absolute Gasteiger partial charge is 0.148 e. The molecule has 0 aliphatic carbocycles. The van der Waals surface area contributed by atoms with Crippen molar-refractivity contribution in [3.8, 4) is 5.75 Å². The molecule has 1 saturated heterocycles. The van der Waals surface area contributed by atoms with E-state index in [0.29, 0.717) is 5.75 Å². The van der Waals surface area contributed by atoms with Crippen molar-refractivity contribution in [1.29, 1.82) is 0 Å². The summed E-state index contributed by atoms with van der Waals surface area (Å²) >= 11 is 0. The van der Waals surface area contributed by atoms with E-state index in [4.69, 9.17) is 4.74 Å². The first-order valence-corrected chi connectivity index (χ1v) is 6.24. The highest BCUT2D eigenvalue weighted by molar-refractivity contribution is 5.84. The molecule has 0 radical (unpaired) electrons. The number of benzene rings is 1. The van der Waals surface area contributed by atoms with Crippen LogP contribution >= 0.6 is 0 Å². The third-order valence-electron chi connectivity index (χ3n) is 3.21. The Bertz CT molecular complexity index is 552. The summed E-state index contributed by atoms with van der Waals surface area (Å²) in [6.45, 7) is 1.90. The molecule has 1 N–H and O–H groups in total. The summed E-state index contributed by atoms with van der Waals surface area (Å²) in [5.74, 6) is 0.275. The molecule has 1 aromatic carbocycles. The zero-order valence-corrected chi connectivity index (χ0v) is 10.0. The van der Waals surface area contributed by atoms with Gasteiger partial charge in [0.25, 0.3) is 0 Å². The average molecular weight is 246 g/mol. The van der Waals surface area contributed by atoms with Crippen molar-refractivity contribution in [2.45, 2.75) is 18.9 Å². The summed E-state index contributed by atoms with van der Waals surface area (Å²) in [7, 11) is 0. The summed E-state index contributed by atoms with van der Waals surface area (Å²) in [5.41, 5.74) is 0.734. The fraction of sp³-hybridized carbons (Fsp3) is 0.357. The largest absolute Gasteiger partial charge is 0.488 e. The fourth-order valence-electron chi connectivity index (χ4n) is 2.31. The molecule has 1 fully saturated rings. The Balaban J connectivity index is 1.94. The molecule has 1 aliphatic heterocycles. The van der Waals surface area contributed by atoms with E-state index in [1.807, 2.05) is 6.07 Å². The first-order valence-electron chi connectivity index (χ1n) is 6.24. The lowest BCUT2D eigenvalue weighted by Gasteiger charge is -2.24. The van der Waals surface area contributed by atoms with Gasteiger partial charge in [0.2, 0.25) is 0 Å². The molecule has 0 bridgehead atoms. The van der Waals surface area contributed by atoms with Gasteiger partial charge in [0.1, 0.15) is 23.2 Å². The van der Waals surface area contributed by atoms with Crippen LogP contribution in [0.3, 0.4) is 0 Å². The average Bonchev–Trinajstić information content (AvgIpc) is 2.40. The standard InChI is InChI=1S/C14H15FN2O/c15-11-8-10-2-1-5-17-14(10)13(9-11)18-12-3-6-16-7-4-12/h1-2,5,8-9,12,16H,3-4,6-7H2. The normalized spacial score (nSPS) is 16.9. The number of pyridine rings is 1. The number of halogens is 1. The van der Waals surface area contributed by atoms with Crippen molar-refractivity contribution in [1.82, 2.24) is 10.3 Å². The molecule has 94 valence electrons. The maximum absolute atomic E-state index is 13.5. The zero-order chi connectivity index (χ0) is 12.4. The van der Waals surface area contributed by atoms with Gasteiger partial charge >= 0.3 is 0 Å². The van der Waals surface area contributed by atoms with Crippen molar-refractivity contribution in [2.24, 2.45) is 0 Å². The summed E-state index contributed by atoms with van der Waals surface area (Å²) in [5, 5.41) is 4.06. The Kier molecular flexibility index (Phi) is 3.11. The Hall–Kier alpha value is -1.68. The lowest BCUT2D eigenvalue weighted by atomic mass is 10.1. The van der Waals surface area contributed by atoms with E-state index in [2.05, 4.69) is 10.3 Å². The molecule has 18 heavy (non-hydrogen) atoms. The van der Waals surface area contributed by atoms with Gasteiger partial charge in [-0.15, -0.1) is 0 Å². The lowest BCUT2D eigenvalue weighted by molar-refractivity contribution is 0.164. The van der Waals surface area contributed by atoms with Gasteiger partial charge in [-0.2, -0.15) is 0 Å². The molecule has 1 aromatic heterocycles. The van der Waals surface area contributed by atoms with E-state index in [1.165, 1.54) is 12.1 Å². The number of nitrogens with zero attached hydrogens (tertiary/aromatic N) is 1. The van der Waals surface area contributed by atoms with E-state index in [9.17, 15) is 4.39 Å². The first kappa shape index (κ1) is 11.4. The van der Waals surface area contributed by atoms with E-state index in [0.717, 1.165) is 36.8 Å². The van der Waals surface area contributed by atoms with Gasteiger partial charge in [0.05, 0.1) is 0 Å². The van der Waals surface area contributed by atoms with Crippen LogP contribution in [0.4, 0.5) is 4.39 Å². The van der Waals surface area contributed by atoms with Gasteiger partial charge in [0.15, 0.2) is 0 Å². The third kappa shape index (κ3) is 2.29. The minimum absolute atomic E-state index is 0.151. The fourth-order valence-corrected chi connectivity index (χ4v) is 2.31. The van der Waals surface area contributed by atoms with Crippen molar-refractivity contribution in [3.05, 3.63) is 36.3 Å². The number of nitrogens with one attached hydrogen (secondary N) is 1. The van der Waals surface area contributed by atoms with E-state index in [-0.39, 0.29) is 11.9 Å². The molecule has 3 rings (SSSR count). The van der Waals surface area contributed by atoms with E-state index >= 15 is 0 Å². The molecule has 0 spiro atoms. The molecule has 0 amide bonds. The topological polar surface area (TPSA) is 34.1 Å². The lowest BCUT2D eigenvalue weighted by Crippen LogP contribution is -2.34. The molecule has 4 heteroatoms. The second kappa shape index (κ2) is 4.90. The minimum atomic E-state index is -0.278. The maximum Gasteiger partial charge on any atom is 0.148 e. The minimum Gasteiger partial charge on any atom is -0.488 e. The zero-order valence-electron chi connectivity index (χ0n) is 10.0. The van der Waals surface area contributed by atoms with Crippen LogP contribution in [0.15, 0.2) is 30.5 Å². The number of ether oxygens (including phenoxy) is 1. The second-order valence-electron chi connectivity index (χ2n) is 4.55. The number of fused-ring (bicyclic) bond motifs is 1. The second-order valence-corrected chi connectivity index (χ2v) is 4.55.